The normalized spacial score (nSPS) is 10.9. The van der Waals surface area contributed by atoms with Crippen LogP contribution in [0.5, 0.6) is 0 Å². The molecule has 0 unspecified atom stereocenters. The van der Waals surface area contributed by atoms with Gasteiger partial charge in [-0.3, -0.25) is 15.2 Å². The van der Waals surface area contributed by atoms with Crippen molar-refractivity contribution in [1.82, 2.24) is 15.2 Å². The molecule has 8 nitrogen and oxygen atoms in total. The van der Waals surface area contributed by atoms with Gasteiger partial charge in [0.1, 0.15) is 0 Å². The highest BCUT2D eigenvalue weighted by atomic mass is 16.6. The lowest BCUT2D eigenvalue weighted by atomic mass is 10.0. The molecule has 0 aliphatic rings. The van der Waals surface area contributed by atoms with Crippen LogP contribution in [-0.2, 0) is 6.42 Å². The van der Waals surface area contributed by atoms with Gasteiger partial charge in [0, 0.05) is 23.3 Å². The number of aryl methyl sites for hydroxylation is 1. The van der Waals surface area contributed by atoms with E-state index in [1.807, 2.05) is 24.3 Å². The molecule has 0 bridgehead atoms. The van der Waals surface area contributed by atoms with Gasteiger partial charge in [0.15, 0.2) is 5.65 Å². The van der Waals surface area contributed by atoms with E-state index >= 15 is 0 Å². The second kappa shape index (κ2) is 7.16. The number of hydrogen-bond donors (Lipinski definition) is 2. The minimum atomic E-state index is -1.13. The van der Waals surface area contributed by atoms with Crippen LogP contribution >= 0.6 is 0 Å². The summed E-state index contributed by atoms with van der Waals surface area (Å²) in [5.74, 6) is -1.13. The number of H-pyrrole nitrogens is 1. The van der Waals surface area contributed by atoms with Crippen LogP contribution in [0.3, 0.4) is 0 Å². The fourth-order valence-corrected chi connectivity index (χ4v) is 3.24. The lowest BCUT2D eigenvalue weighted by Gasteiger charge is -2.06. The Hall–Kier alpha value is -4.07. The zero-order valence-electron chi connectivity index (χ0n) is 15.4. The molecule has 2 heterocycles. The Morgan fingerprint density at radius 1 is 1.14 bits per heavy atom. The van der Waals surface area contributed by atoms with E-state index in [0.29, 0.717) is 22.3 Å². The van der Waals surface area contributed by atoms with Crippen molar-refractivity contribution in [3.63, 3.8) is 0 Å². The zero-order chi connectivity index (χ0) is 20.5. The number of non-ortho nitro benzene ring substituents is 1. The van der Waals surface area contributed by atoms with Crippen LogP contribution in [0.15, 0.2) is 54.6 Å². The number of hydrogen-bond acceptors (Lipinski definition) is 5. The minimum absolute atomic E-state index is 0.0276. The van der Waals surface area contributed by atoms with Gasteiger partial charge in [0.2, 0.25) is 0 Å². The maximum Gasteiger partial charge on any atom is 0.336 e. The fourth-order valence-electron chi connectivity index (χ4n) is 3.24. The van der Waals surface area contributed by atoms with E-state index in [1.165, 1.54) is 29.8 Å². The molecular formula is C21H16N4O4. The minimum Gasteiger partial charge on any atom is -0.478 e. The molecule has 0 amide bonds. The summed E-state index contributed by atoms with van der Waals surface area (Å²) in [7, 11) is 0. The van der Waals surface area contributed by atoms with Gasteiger partial charge in [-0.05, 0) is 18.1 Å². The lowest BCUT2D eigenvalue weighted by molar-refractivity contribution is -0.384. The van der Waals surface area contributed by atoms with Crippen LogP contribution in [0, 0.1) is 10.1 Å². The first-order chi connectivity index (χ1) is 14.0. The number of nitrogens with one attached hydrogen (secondary N) is 1. The highest BCUT2D eigenvalue weighted by Gasteiger charge is 2.20. The summed E-state index contributed by atoms with van der Waals surface area (Å²) in [6.45, 7) is 2.06. The molecule has 2 aromatic heterocycles. The molecule has 144 valence electrons. The number of aromatic carboxylic acids is 1. The molecule has 8 heteroatoms. The van der Waals surface area contributed by atoms with Gasteiger partial charge >= 0.3 is 5.97 Å². The summed E-state index contributed by atoms with van der Waals surface area (Å²) in [4.78, 5) is 27.1. The summed E-state index contributed by atoms with van der Waals surface area (Å²) in [5.41, 5.74) is 3.46. The van der Waals surface area contributed by atoms with Gasteiger partial charge in [0.05, 0.1) is 27.3 Å². The smallest absolute Gasteiger partial charge is 0.336 e. The number of aromatic amines is 1. The van der Waals surface area contributed by atoms with Crippen LogP contribution in [0.25, 0.3) is 33.5 Å². The van der Waals surface area contributed by atoms with Crippen molar-refractivity contribution in [3.8, 4) is 22.5 Å². The molecule has 0 aliphatic heterocycles. The summed E-state index contributed by atoms with van der Waals surface area (Å²) < 4.78 is 0. The molecule has 2 aromatic carbocycles. The molecule has 0 saturated carbocycles. The van der Waals surface area contributed by atoms with Gasteiger partial charge in [-0.15, -0.1) is 0 Å². The van der Waals surface area contributed by atoms with E-state index in [1.54, 1.807) is 6.07 Å². The number of pyridine rings is 1. The van der Waals surface area contributed by atoms with Crippen LogP contribution < -0.4 is 0 Å². The molecule has 29 heavy (non-hydrogen) atoms. The molecule has 0 radical (unpaired) electrons. The maximum absolute atomic E-state index is 12.0. The first-order valence-corrected chi connectivity index (χ1v) is 8.94. The number of carboxylic acids is 1. The third kappa shape index (κ3) is 3.31. The van der Waals surface area contributed by atoms with Crippen molar-refractivity contribution < 1.29 is 14.8 Å². The molecule has 0 aliphatic carbocycles. The standard InChI is InChI=1S/C21H16N4O4/c1-2-12-6-8-13(9-7-12)17-11-16(21(26)27)18-19(23-24-20(18)22-17)14-4-3-5-15(10-14)25(28)29/h3-11H,2H2,1H3,(H,26,27)(H,22,23,24). The third-order valence-corrected chi connectivity index (χ3v) is 4.76. The van der Waals surface area contributed by atoms with Crippen LogP contribution in [0.1, 0.15) is 22.8 Å². The van der Waals surface area contributed by atoms with Crippen molar-refractivity contribution in [1.29, 1.82) is 0 Å². The van der Waals surface area contributed by atoms with Crippen molar-refractivity contribution in [2.75, 3.05) is 0 Å². The van der Waals surface area contributed by atoms with Gasteiger partial charge in [0.25, 0.3) is 5.69 Å². The largest absolute Gasteiger partial charge is 0.478 e. The van der Waals surface area contributed by atoms with Crippen LogP contribution in [-0.4, -0.2) is 31.2 Å². The van der Waals surface area contributed by atoms with E-state index < -0.39 is 10.9 Å². The van der Waals surface area contributed by atoms with Gasteiger partial charge in [-0.2, -0.15) is 5.10 Å². The van der Waals surface area contributed by atoms with E-state index in [9.17, 15) is 20.0 Å². The molecule has 0 fully saturated rings. The first kappa shape index (κ1) is 18.3. The van der Waals surface area contributed by atoms with E-state index in [4.69, 9.17) is 0 Å². The number of benzene rings is 2. The second-order valence-electron chi connectivity index (χ2n) is 6.52. The second-order valence-corrected chi connectivity index (χ2v) is 6.52. The van der Waals surface area contributed by atoms with E-state index in [-0.39, 0.29) is 16.9 Å². The fraction of sp³-hybridized carbons (Fsp3) is 0.0952. The summed E-state index contributed by atoms with van der Waals surface area (Å²) in [6, 6.07) is 15.2. The number of aromatic nitrogens is 3. The molecule has 4 rings (SSSR count). The predicted octanol–water partition coefficient (Wildman–Crippen LogP) is 4.46. The predicted molar refractivity (Wildman–Crippen MR) is 108 cm³/mol. The SMILES string of the molecule is CCc1ccc(-c2cc(C(=O)O)c3c(-c4cccc([N+](=O)[O-])c4)[nH]nc3n2)cc1. The van der Waals surface area contributed by atoms with E-state index in [0.717, 1.165) is 12.0 Å². The Morgan fingerprint density at radius 3 is 2.55 bits per heavy atom. The van der Waals surface area contributed by atoms with Crippen LogP contribution in [0.2, 0.25) is 0 Å². The number of nitro benzene ring substituents is 1. The topological polar surface area (TPSA) is 122 Å². The number of rotatable bonds is 5. The van der Waals surface area contributed by atoms with Crippen molar-refractivity contribution in [2.24, 2.45) is 0 Å². The number of fused-ring (bicyclic) bond motifs is 1. The molecular weight excluding hydrogens is 372 g/mol. The number of carboxylic acid groups (broad SMARTS) is 1. The van der Waals surface area contributed by atoms with Crippen molar-refractivity contribution in [2.45, 2.75) is 13.3 Å². The monoisotopic (exact) mass is 388 g/mol. The van der Waals surface area contributed by atoms with Crippen LogP contribution in [0.4, 0.5) is 5.69 Å². The highest BCUT2D eigenvalue weighted by molar-refractivity contribution is 6.08. The Bertz CT molecular complexity index is 1250. The lowest BCUT2D eigenvalue weighted by Crippen LogP contribution is -2.00. The zero-order valence-corrected chi connectivity index (χ0v) is 15.4. The third-order valence-electron chi connectivity index (χ3n) is 4.76. The average molecular weight is 388 g/mol. The molecule has 2 N–H and O–H groups in total. The van der Waals surface area contributed by atoms with Gasteiger partial charge in [-0.25, -0.2) is 9.78 Å². The molecule has 0 atom stereocenters. The summed E-state index contributed by atoms with van der Waals surface area (Å²) in [5, 5.41) is 28.1. The summed E-state index contributed by atoms with van der Waals surface area (Å²) in [6.07, 6.45) is 0.902. The Labute approximate surface area is 165 Å². The average Bonchev–Trinajstić information content (AvgIpc) is 3.17. The Balaban J connectivity index is 1.90. The quantitative estimate of drug-likeness (QED) is 0.384. The van der Waals surface area contributed by atoms with Crippen molar-refractivity contribution in [3.05, 3.63) is 75.8 Å². The first-order valence-electron chi connectivity index (χ1n) is 8.94. The Kier molecular flexibility index (Phi) is 4.52. The number of carbonyl (C=O) groups is 1. The molecule has 4 aromatic rings. The van der Waals surface area contributed by atoms with Crippen molar-refractivity contribution >= 4 is 22.7 Å². The maximum atomic E-state index is 12.0. The summed E-state index contributed by atoms with van der Waals surface area (Å²) >= 11 is 0. The Morgan fingerprint density at radius 2 is 1.90 bits per heavy atom. The number of nitrogens with zero attached hydrogens (tertiary/aromatic N) is 3. The highest BCUT2D eigenvalue weighted by Crippen LogP contribution is 2.32. The number of nitro groups is 1. The van der Waals surface area contributed by atoms with Gasteiger partial charge in [-0.1, -0.05) is 43.3 Å². The molecule has 0 spiro atoms. The van der Waals surface area contributed by atoms with E-state index in [2.05, 4.69) is 22.1 Å². The molecule has 0 saturated heterocycles. The van der Waals surface area contributed by atoms with Gasteiger partial charge < -0.3 is 5.11 Å².